The Kier molecular flexibility index (Phi) is 3.71. The highest BCUT2D eigenvalue weighted by Crippen LogP contribution is 2.29. The molecule has 0 saturated heterocycles. The van der Waals surface area contributed by atoms with Gasteiger partial charge in [-0.25, -0.2) is 9.37 Å². The Labute approximate surface area is 129 Å². The average Bonchev–Trinajstić information content (AvgIpc) is 3.00. The van der Waals surface area contributed by atoms with E-state index in [1.54, 1.807) is 17.4 Å². The number of fused-ring (bicyclic) bond motifs is 1. The molecule has 3 aromatic rings. The van der Waals surface area contributed by atoms with Gasteiger partial charge >= 0.3 is 0 Å². The van der Waals surface area contributed by atoms with Gasteiger partial charge in [-0.3, -0.25) is 0 Å². The van der Waals surface area contributed by atoms with E-state index in [0.717, 1.165) is 11.4 Å². The quantitative estimate of drug-likeness (QED) is 0.601. The maximum Gasteiger partial charge on any atom is 0.144 e. The van der Waals surface area contributed by atoms with Gasteiger partial charge in [-0.2, -0.15) is 11.3 Å². The molecule has 3 rings (SSSR count). The summed E-state index contributed by atoms with van der Waals surface area (Å²) in [6.45, 7) is 2.47. The number of nitrogens with zero attached hydrogens (tertiary/aromatic N) is 2. The summed E-state index contributed by atoms with van der Waals surface area (Å²) in [5.74, 6) is 0.272. The van der Waals surface area contributed by atoms with E-state index in [1.165, 1.54) is 6.07 Å². The van der Waals surface area contributed by atoms with Crippen LogP contribution in [0, 0.1) is 5.82 Å². The van der Waals surface area contributed by atoms with E-state index in [-0.39, 0.29) is 10.4 Å². The maximum absolute atomic E-state index is 13.7. The van der Waals surface area contributed by atoms with Crippen molar-refractivity contribution in [2.24, 2.45) is 0 Å². The Hall–Kier alpha value is -1.10. The molecule has 0 bridgehead atoms. The molecule has 0 saturated carbocycles. The van der Waals surface area contributed by atoms with Gasteiger partial charge in [-0.05, 0) is 35.4 Å². The van der Waals surface area contributed by atoms with Crippen LogP contribution in [0.25, 0.3) is 11.0 Å². The largest absolute Gasteiger partial charge is 0.322 e. The van der Waals surface area contributed by atoms with Crippen LogP contribution in [0.2, 0.25) is 5.02 Å². The van der Waals surface area contributed by atoms with Crippen LogP contribution in [0.5, 0.6) is 0 Å². The van der Waals surface area contributed by atoms with Gasteiger partial charge in [-0.15, -0.1) is 11.6 Å². The third kappa shape index (κ3) is 2.43. The van der Waals surface area contributed by atoms with E-state index >= 15 is 0 Å². The van der Waals surface area contributed by atoms with Crippen LogP contribution >= 0.6 is 34.5 Å². The first-order chi connectivity index (χ1) is 9.56. The molecule has 0 aliphatic heterocycles. The first kappa shape index (κ1) is 13.9. The number of benzene rings is 1. The van der Waals surface area contributed by atoms with Gasteiger partial charge < -0.3 is 4.57 Å². The van der Waals surface area contributed by atoms with Crippen molar-refractivity contribution in [1.82, 2.24) is 9.55 Å². The van der Waals surface area contributed by atoms with E-state index in [2.05, 4.69) is 10.4 Å². The molecule has 20 heavy (non-hydrogen) atoms. The zero-order valence-corrected chi connectivity index (χ0v) is 12.9. The molecule has 0 fully saturated rings. The second kappa shape index (κ2) is 5.35. The monoisotopic (exact) mass is 328 g/mol. The van der Waals surface area contributed by atoms with Crippen LogP contribution in [0.1, 0.15) is 23.7 Å². The van der Waals surface area contributed by atoms with Gasteiger partial charge in [0.1, 0.15) is 11.6 Å². The molecule has 0 aliphatic rings. The molecule has 6 heteroatoms. The van der Waals surface area contributed by atoms with E-state index in [0.29, 0.717) is 17.6 Å². The fraction of sp³-hybridized carbons (Fsp3) is 0.214. The van der Waals surface area contributed by atoms with Crippen molar-refractivity contribution in [2.45, 2.75) is 18.8 Å². The summed E-state index contributed by atoms with van der Waals surface area (Å²) in [5, 5.41) is 3.88. The van der Waals surface area contributed by atoms with Crippen molar-refractivity contribution in [3.05, 3.63) is 51.2 Å². The number of aromatic nitrogens is 2. The first-order valence-corrected chi connectivity index (χ1v) is 7.82. The zero-order chi connectivity index (χ0) is 14.3. The molecule has 0 radical (unpaired) electrons. The highest BCUT2D eigenvalue weighted by atomic mass is 35.5. The standard InChI is InChI=1S/C14H11Cl2FN2S/c1-8(15)14-18-12-4-10(16)11(17)5-13(12)19(14)6-9-2-3-20-7-9/h2-5,7-8H,6H2,1H3. The number of halogens is 3. The lowest BCUT2D eigenvalue weighted by molar-refractivity contribution is 0.628. The van der Waals surface area contributed by atoms with Gasteiger partial charge in [-0.1, -0.05) is 11.6 Å². The van der Waals surface area contributed by atoms with Gasteiger partial charge in [0, 0.05) is 6.07 Å². The minimum absolute atomic E-state index is 0.0754. The van der Waals surface area contributed by atoms with Gasteiger partial charge in [0.05, 0.1) is 28.0 Å². The number of thiophene rings is 1. The Bertz CT molecular complexity index is 750. The van der Waals surface area contributed by atoms with Crippen molar-refractivity contribution in [1.29, 1.82) is 0 Å². The molecular weight excluding hydrogens is 318 g/mol. The van der Waals surface area contributed by atoms with Crippen molar-refractivity contribution in [3.8, 4) is 0 Å². The van der Waals surface area contributed by atoms with Crippen LogP contribution in [0.3, 0.4) is 0 Å². The van der Waals surface area contributed by atoms with Crippen LogP contribution in [0.4, 0.5) is 4.39 Å². The molecule has 1 unspecified atom stereocenters. The first-order valence-electron chi connectivity index (χ1n) is 6.06. The highest BCUT2D eigenvalue weighted by Gasteiger charge is 2.17. The van der Waals surface area contributed by atoms with Crippen LogP contribution in [-0.4, -0.2) is 9.55 Å². The average molecular weight is 329 g/mol. The fourth-order valence-electron chi connectivity index (χ4n) is 2.17. The van der Waals surface area contributed by atoms with Gasteiger partial charge in [0.25, 0.3) is 0 Å². The van der Waals surface area contributed by atoms with Crippen molar-refractivity contribution in [3.63, 3.8) is 0 Å². The minimum atomic E-state index is -0.445. The molecule has 2 heterocycles. The minimum Gasteiger partial charge on any atom is -0.322 e. The summed E-state index contributed by atoms with van der Waals surface area (Å²) >= 11 is 13.6. The van der Waals surface area contributed by atoms with Gasteiger partial charge in [0.15, 0.2) is 0 Å². The van der Waals surface area contributed by atoms with E-state index in [1.807, 2.05) is 22.9 Å². The predicted molar refractivity (Wildman–Crippen MR) is 82.4 cm³/mol. The Balaban J connectivity index is 2.20. The molecule has 104 valence electrons. The van der Waals surface area contributed by atoms with Crippen LogP contribution < -0.4 is 0 Å². The van der Waals surface area contributed by atoms with Crippen LogP contribution in [-0.2, 0) is 6.54 Å². The molecular formula is C14H11Cl2FN2S. The summed E-state index contributed by atoms with van der Waals surface area (Å²) in [7, 11) is 0. The second-order valence-electron chi connectivity index (χ2n) is 4.56. The van der Waals surface area contributed by atoms with E-state index in [9.17, 15) is 4.39 Å². The van der Waals surface area contributed by atoms with Crippen molar-refractivity contribution >= 4 is 45.6 Å². The molecule has 2 aromatic heterocycles. The third-order valence-electron chi connectivity index (χ3n) is 3.10. The number of hydrogen-bond donors (Lipinski definition) is 0. The Morgan fingerprint density at radius 3 is 2.90 bits per heavy atom. The SMILES string of the molecule is CC(Cl)c1nc2cc(Cl)c(F)cc2n1Cc1ccsc1. The summed E-state index contributed by atoms with van der Waals surface area (Å²) in [6, 6.07) is 4.99. The number of imidazole rings is 1. The van der Waals surface area contributed by atoms with E-state index < -0.39 is 5.82 Å². The fourth-order valence-corrected chi connectivity index (χ4v) is 3.16. The van der Waals surface area contributed by atoms with Gasteiger partial charge in [0.2, 0.25) is 0 Å². The Morgan fingerprint density at radius 1 is 1.45 bits per heavy atom. The number of rotatable bonds is 3. The molecule has 2 nitrogen and oxygen atoms in total. The van der Waals surface area contributed by atoms with E-state index in [4.69, 9.17) is 23.2 Å². The lowest BCUT2D eigenvalue weighted by atomic mass is 10.3. The third-order valence-corrected chi connectivity index (χ3v) is 4.31. The lowest BCUT2D eigenvalue weighted by Crippen LogP contribution is -2.05. The summed E-state index contributed by atoms with van der Waals surface area (Å²) in [6.07, 6.45) is 0. The topological polar surface area (TPSA) is 17.8 Å². The summed E-state index contributed by atoms with van der Waals surface area (Å²) in [4.78, 5) is 4.48. The highest BCUT2D eigenvalue weighted by molar-refractivity contribution is 7.07. The lowest BCUT2D eigenvalue weighted by Gasteiger charge is -2.09. The molecule has 0 aliphatic carbocycles. The Morgan fingerprint density at radius 2 is 2.25 bits per heavy atom. The summed E-state index contributed by atoms with van der Waals surface area (Å²) in [5.41, 5.74) is 2.51. The number of hydrogen-bond acceptors (Lipinski definition) is 2. The van der Waals surface area contributed by atoms with Crippen LogP contribution in [0.15, 0.2) is 29.0 Å². The maximum atomic E-state index is 13.7. The smallest absolute Gasteiger partial charge is 0.144 e. The molecule has 0 N–H and O–H groups in total. The molecule has 0 spiro atoms. The van der Waals surface area contributed by atoms with Crippen molar-refractivity contribution < 1.29 is 4.39 Å². The normalized spacial score (nSPS) is 13.0. The second-order valence-corrected chi connectivity index (χ2v) is 6.40. The van der Waals surface area contributed by atoms with Crippen molar-refractivity contribution in [2.75, 3.05) is 0 Å². The zero-order valence-electron chi connectivity index (χ0n) is 10.6. The number of alkyl halides is 1. The molecule has 1 aromatic carbocycles. The summed E-state index contributed by atoms with van der Waals surface area (Å²) < 4.78 is 15.7. The predicted octanol–water partition coefficient (Wildman–Crippen LogP) is 5.24. The molecule has 1 atom stereocenters. The molecule has 0 amide bonds.